The lowest BCUT2D eigenvalue weighted by Crippen LogP contribution is -2.08. The summed E-state index contributed by atoms with van der Waals surface area (Å²) in [6, 6.07) is 3.48. The maximum atomic E-state index is 11.0. The molecule has 0 bridgehead atoms. The van der Waals surface area contributed by atoms with E-state index in [1.165, 1.54) is 13.1 Å². The minimum Gasteiger partial charge on any atom is -0.470 e. The van der Waals surface area contributed by atoms with E-state index in [9.17, 15) is 4.79 Å². The molecule has 7 nitrogen and oxygen atoms in total. The zero-order valence-corrected chi connectivity index (χ0v) is 12.2. The van der Waals surface area contributed by atoms with Crippen molar-refractivity contribution in [1.29, 1.82) is 0 Å². The minimum atomic E-state index is -0.183. The number of nitrogens with one attached hydrogen (secondary N) is 1. The van der Waals surface area contributed by atoms with Gasteiger partial charge in [-0.05, 0) is 33.6 Å². The van der Waals surface area contributed by atoms with Crippen molar-refractivity contribution in [2.75, 3.05) is 11.1 Å². The number of hydrogen-bond acceptors (Lipinski definition) is 6. The van der Waals surface area contributed by atoms with E-state index in [-0.39, 0.29) is 24.2 Å². The molecule has 0 aliphatic heterocycles. The number of rotatable bonds is 4. The second kappa shape index (κ2) is 6.29. The molecule has 0 saturated heterocycles. The molecule has 2 aromatic heterocycles. The molecule has 0 unspecified atom stereocenters. The molecule has 0 aromatic carbocycles. The third-order valence-electron chi connectivity index (χ3n) is 2.24. The molecule has 0 fully saturated rings. The Morgan fingerprint density at radius 1 is 1.50 bits per heavy atom. The van der Waals surface area contributed by atoms with Crippen molar-refractivity contribution >= 4 is 33.5 Å². The van der Waals surface area contributed by atoms with E-state index >= 15 is 0 Å². The van der Waals surface area contributed by atoms with Crippen molar-refractivity contribution in [1.82, 2.24) is 15.0 Å². The first-order chi connectivity index (χ1) is 9.54. The lowest BCUT2D eigenvalue weighted by Gasteiger charge is -2.08. The van der Waals surface area contributed by atoms with Crippen LogP contribution in [-0.2, 0) is 11.4 Å². The quantitative estimate of drug-likeness (QED) is 0.880. The van der Waals surface area contributed by atoms with Crippen LogP contribution in [0.5, 0.6) is 5.88 Å². The topological polar surface area (TPSA) is 103 Å². The van der Waals surface area contributed by atoms with E-state index in [4.69, 9.17) is 10.5 Å². The van der Waals surface area contributed by atoms with Crippen LogP contribution in [0.1, 0.15) is 12.5 Å². The molecule has 0 spiro atoms. The molecule has 3 N–H and O–H groups in total. The van der Waals surface area contributed by atoms with Crippen molar-refractivity contribution in [2.45, 2.75) is 13.5 Å². The molecular formula is C12H12BrN5O2. The maximum Gasteiger partial charge on any atom is 0.258 e. The summed E-state index contributed by atoms with van der Waals surface area (Å²) < 4.78 is 6.03. The van der Waals surface area contributed by atoms with Crippen LogP contribution in [0.4, 0.5) is 11.6 Å². The van der Waals surface area contributed by atoms with Crippen molar-refractivity contribution in [3.63, 3.8) is 0 Å². The van der Waals surface area contributed by atoms with Crippen LogP contribution in [0.25, 0.3) is 0 Å². The SMILES string of the molecule is CC(=O)Nc1cc(COc2nc(Br)cnc2N)ccn1. The van der Waals surface area contributed by atoms with Crippen LogP contribution in [0.3, 0.4) is 0 Å². The number of ether oxygens (including phenoxy) is 1. The number of nitrogens with zero attached hydrogens (tertiary/aromatic N) is 3. The summed E-state index contributed by atoms with van der Waals surface area (Å²) in [5.41, 5.74) is 6.48. The van der Waals surface area contributed by atoms with Crippen molar-refractivity contribution in [3.8, 4) is 5.88 Å². The highest BCUT2D eigenvalue weighted by atomic mass is 79.9. The van der Waals surface area contributed by atoms with Gasteiger partial charge in [0.1, 0.15) is 17.0 Å². The Labute approximate surface area is 123 Å². The van der Waals surface area contributed by atoms with Gasteiger partial charge in [0.2, 0.25) is 5.91 Å². The van der Waals surface area contributed by atoms with E-state index in [2.05, 4.69) is 36.2 Å². The second-order valence-electron chi connectivity index (χ2n) is 3.90. The smallest absolute Gasteiger partial charge is 0.258 e. The molecule has 20 heavy (non-hydrogen) atoms. The second-order valence-corrected chi connectivity index (χ2v) is 4.71. The summed E-state index contributed by atoms with van der Waals surface area (Å²) in [6.07, 6.45) is 3.07. The fraction of sp³-hybridized carbons (Fsp3) is 0.167. The summed E-state index contributed by atoms with van der Waals surface area (Å²) in [6.45, 7) is 1.66. The Balaban J connectivity index is 2.07. The highest BCUT2D eigenvalue weighted by Crippen LogP contribution is 2.19. The number of carbonyl (C=O) groups excluding carboxylic acids is 1. The van der Waals surface area contributed by atoms with Gasteiger partial charge in [0.25, 0.3) is 5.88 Å². The van der Waals surface area contributed by atoms with E-state index in [1.807, 2.05) is 0 Å². The molecule has 0 saturated carbocycles. The Morgan fingerprint density at radius 3 is 3.05 bits per heavy atom. The number of aromatic nitrogens is 3. The first kappa shape index (κ1) is 14.2. The largest absolute Gasteiger partial charge is 0.470 e. The number of nitrogen functional groups attached to an aromatic ring is 1. The van der Waals surface area contributed by atoms with E-state index < -0.39 is 0 Å². The number of amides is 1. The van der Waals surface area contributed by atoms with Gasteiger partial charge in [-0.1, -0.05) is 0 Å². The molecule has 1 amide bonds. The first-order valence-corrected chi connectivity index (χ1v) is 6.47. The molecule has 8 heteroatoms. The Kier molecular flexibility index (Phi) is 4.46. The summed E-state index contributed by atoms with van der Waals surface area (Å²) in [5, 5.41) is 2.60. The molecule has 2 aromatic rings. The van der Waals surface area contributed by atoms with Gasteiger partial charge in [-0.25, -0.2) is 15.0 Å². The van der Waals surface area contributed by atoms with Gasteiger partial charge in [0, 0.05) is 13.1 Å². The maximum absolute atomic E-state index is 11.0. The van der Waals surface area contributed by atoms with Crippen LogP contribution in [0.15, 0.2) is 29.1 Å². The number of anilines is 2. The number of halogens is 1. The van der Waals surface area contributed by atoms with E-state index in [0.717, 1.165) is 5.56 Å². The standard InChI is InChI=1S/C12H12BrN5O2/c1-7(19)17-10-4-8(2-3-15-10)6-20-12-11(14)16-5-9(13)18-12/h2-5H,6H2,1H3,(H2,14,16)(H,15,17,19). The molecule has 0 atom stereocenters. The Morgan fingerprint density at radius 2 is 2.30 bits per heavy atom. The number of carbonyl (C=O) groups is 1. The highest BCUT2D eigenvalue weighted by molar-refractivity contribution is 9.10. The lowest BCUT2D eigenvalue weighted by atomic mass is 10.3. The Bertz CT molecular complexity index is 635. The normalized spacial score (nSPS) is 10.1. The van der Waals surface area contributed by atoms with Crippen molar-refractivity contribution in [3.05, 3.63) is 34.7 Å². The highest BCUT2D eigenvalue weighted by Gasteiger charge is 2.06. The number of nitrogens with two attached hydrogens (primary N) is 1. The summed E-state index contributed by atoms with van der Waals surface area (Å²) in [7, 11) is 0. The Hall–Kier alpha value is -2.22. The molecule has 2 heterocycles. The minimum absolute atomic E-state index is 0.183. The van der Waals surface area contributed by atoms with Gasteiger partial charge in [-0.3, -0.25) is 4.79 Å². The molecule has 0 aliphatic carbocycles. The fourth-order valence-electron chi connectivity index (χ4n) is 1.43. The summed E-state index contributed by atoms with van der Waals surface area (Å²) in [4.78, 5) is 23.0. The van der Waals surface area contributed by atoms with Gasteiger partial charge < -0.3 is 15.8 Å². The molecular weight excluding hydrogens is 326 g/mol. The first-order valence-electron chi connectivity index (χ1n) is 5.68. The van der Waals surface area contributed by atoms with Gasteiger partial charge in [0.15, 0.2) is 5.82 Å². The van der Waals surface area contributed by atoms with Crippen molar-refractivity contribution < 1.29 is 9.53 Å². The van der Waals surface area contributed by atoms with Crippen LogP contribution in [0.2, 0.25) is 0 Å². The lowest BCUT2D eigenvalue weighted by molar-refractivity contribution is -0.114. The third-order valence-corrected chi connectivity index (χ3v) is 2.62. The summed E-state index contributed by atoms with van der Waals surface area (Å²) in [5.74, 6) is 0.742. The summed E-state index contributed by atoms with van der Waals surface area (Å²) >= 11 is 3.19. The van der Waals surface area contributed by atoms with Crippen LogP contribution >= 0.6 is 15.9 Å². The van der Waals surface area contributed by atoms with Gasteiger partial charge in [0.05, 0.1) is 6.20 Å². The zero-order chi connectivity index (χ0) is 14.5. The molecule has 2 rings (SSSR count). The van der Waals surface area contributed by atoms with Crippen LogP contribution in [-0.4, -0.2) is 20.9 Å². The van der Waals surface area contributed by atoms with Crippen LogP contribution < -0.4 is 15.8 Å². The van der Waals surface area contributed by atoms with Gasteiger partial charge in [-0.2, -0.15) is 0 Å². The predicted molar refractivity (Wildman–Crippen MR) is 77.0 cm³/mol. The zero-order valence-electron chi connectivity index (χ0n) is 10.6. The molecule has 0 aliphatic rings. The van der Waals surface area contributed by atoms with Crippen LogP contribution in [0, 0.1) is 0 Å². The predicted octanol–water partition coefficient (Wildman–Crippen LogP) is 1.75. The monoisotopic (exact) mass is 337 g/mol. The third kappa shape index (κ3) is 3.89. The number of pyridine rings is 1. The van der Waals surface area contributed by atoms with Gasteiger partial charge >= 0.3 is 0 Å². The van der Waals surface area contributed by atoms with E-state index in [0.29, 0.717) is 10.4 Å². The molecule has 104 valence electrons. The fourth-order valence-corrected chi connectivity index (χ4v) is 1.70. The van der Waals surface area contributed by atoms with Gasteiger partial charge in [-0.15, -0.1) is 0 Å². The molecule has 0 radical (unpaired) electrons. The average Bonchev–Trinajstić information content (AvgIpc) is 2.39. The average molecular weight is 338 g/mol. The number of hydrogen-bond donors (Lipinski definition) is 2. The van der Waals surface area contributed by atoms with E-state index in [1.54, 1.807) is 18.3 Å². The van der Waals surface area contributed by atoms with Crippen molar-refractivity contribution in [2.24, 2.45) is 0 Å².